The molecule has 0 bridgehead atoms. The largest absolute Gasteiger partial charge is 0.347 e. The molecule has 2 saturated carbocycles. The van der Waals surface area contributed by atoms with Crippen LogP contribution in [0.4, 0.5) is 0 Å². The molecule has 0 aromatic rings. The van der Waals surface area contributed by atoms with E-state index in [-0.39, 0.29) is 11.2 Å². The number of Topliss-reactive ketones (excluding diaryl/α,β-unsaturated/α-hetero) is 1. The summed E-state index contributed by atoms with van der Waals surface area (Å²) < 4.78 is 12.6. The van der Waals surface area contributed by atoms with Gasteiger partial charge in [0, 0.05) is 24.7 Å². The number of rotatable bonds is 1. The summed E-state index contributed by atoms with van der Waals surface area (Å²) in [5.74, 6) is 2.51. The number of fused-ring (bicyclic) bond motifs is 5. The van der Waals surface area contributed by atoms with Crippen LogP contribution in [0.5, 0.6) is 0 Å². The Morgan fingerprint density at radius 2 is 1.88 bits per heavy atom. The molecular formula is C21H30O3. The Bertz CT molecular complexity index is 586. The molecule has 1 heterocycles. The summed E-state index contributed by atoms with van der Waals surface area (Å²) in [4.78, 5) is 11.9. The molecule has 5 rings (SSSR count). The van der Waals surface area contributed by atoms with Crippen molar-refractivity contribution in [3.05, 3.63) is 11.1 Å². The van der Waals surface area contributed by atoms with Crippen molar-refractivity contribution in [3.63, 3.8) is 0 Å². The number of hydrogen-bond acceptors (Lipinski definition) is 3. The quantitative estimate of drug-likeness (QED) is 0.668. The lowest BCUT2D eigenvalue weighted by atomic mass is 9.52. The van der Waals surface area contributed by atoms with Crippen LogP contribution < -0.4 is 0 Å². The van der Waals surface area contributed by atoms with Crippen LogP contribution in [0.25, 0.3) is 0 Å². The van der Waals surface area contributed by atoms with E-state index >= 15 is 0 Å². The van der Waals surface area contributed by atoms with Crippen molar-refractivity contribution in [3.8, 4) is 0 Å². The molecular weight excluding hydrogens is 300 g/mol. The van der Waals surface area contributed by atoms with Gasteiger partial charge in [-0.15, -0.1) is 0 Å². The van der Waals surface area contributed by atoms with Crippen molar-refractivity contribution < 1.29 is 14.3 Å². The topological polar surface area (TPSA) is 35.5 Å². The maximum Gasteiger partial charge on any atom is 0.174 e. The van der Waals surface area contributed by atoms with Gasteiger partial charge in [0.15, 0.2) is 5.79 Å². The van der Waals surface area contributed by atoms with Crippen LogP contribution in [0.2, 0.25) is 0 Å². The molecule has 132 valence electrons. The number of allylic oxidation sites excluding steroid dienone is 2. The molecule has 4 aliphatic carbocycles. The lowest BCUT2D eigenvalue weighted by molar-refractivity contribution is -0.246. The zero-order chi connectivity index (χ0) is 16.4. The SMILES string of the molecule is CC[C@]12CC[C@@H]3C4=C(CC[C@H]3[C@@H]1CCC21OCCO1)CC(=O)CC4. The zero-order valence-corrected chi connectivity index (χ0v) is 14.9. The van der Waals surface area contributed by atoms with Crippen molar-refractivity contribution in [2.75, 3.05) is 13.2 Å². The van der Waals surface area contributed by atoms with Crippen LogP contribution >= 0.6 is 0 Å². The molecule has 1 spiro atoms. The molecule has 0 aromatic carbocycles. The third-order valence-corrected chi connectivity index (χ3v) is 8.34. The number of carbonyl (C=O) groups is 1. The Balaban J connectivity index is 1.49. The molecule has 0 unspecified atom stereocenters. The maximum absolute atomic E-state index is 11.9. The van der Waals surface area contributed by atoms with E-state index in [0.29, 0.717) is 5.78 Å². The first-order valence-corrected chi connectivity index (χ1v) is 10.2. The van der Waals surface area contributed by atoms with Gasteiger partial charge < -0.3 is 9.47 Å². The van der Waals surface area contributed by atoms with E-state index in [2.05, 4.69) is 6.92 Å². The van der Waals surface area contributed by atoms with E-state index in [4.69, 9.17) is 9.47 Å². The van der Waals surface area contributed by atoms with Gasteiger partial charge in [0.1, 0.15) is 5.78 Å². The fraction of sp³-hybridized carbons (Fsp3) is 0.857. The highest BCUT2D eigenvalue weighted by Crippen LogP contribution is 2.67. The predicted molar refractivity (Wildman–Crippen MR) is 91.4 cm³/mol. The standard InChI is InChI=1S/C21H30O3/c1-2-20-9-7-17-16-6-4-15(22)13-14(16)3-5-18(17)19(20)8-10-21(20)23-11-12-24-21/h17-19H,2-13H2,1H3/t17-,18-,19+,20+/m1/s1. The zero-order valence-electron chi connectivity index (χ0n) is 14.9. The molecule has 0 radical (unpaired) electrons. The molecule has 4 atom stereocenters. The molecule has 3 fully saturated rings. The average molecular weight is 330 g/mol. The van der Waals surface area contributed by atoms with Gasteiger partial charge in [0.25, 0.3) is 0 Å². The van der Waals surface area contributed by atoms with E-state index in [9.17, 15) is 4.79 Å². The Morgan fingerprint density at radius 3 is 2.67 bits per heavy atom. The highest BCUT2D eigenvalue weighted by atomic mass is 16.7. The van der Waals surface area contributed by atoms with Gasteiger partial charge in [-0.2, -0.15) is 0 Å². The highest BCUT2D eigenvalue weighted by Gasteiger charge is 2.66. The van der Waals surface area contributed by atoms with Gasteiger partial charge in [-0.05, 0) is 62.7 Å². The summed E-state index contributed by atoms with van der Waals surface area (Å²) in [6, 6.07) is 0. The van der Waals surface area contributed by atoms with Gasteiger partial charge in [-0.1, -0.05) is 18.1 Å². The van der Waals surface area contributed by atoms with E-state index in [1.165, 1.54) is 44.1 Å². The fourth-order valence-electron chi connectivity index (χ4n) is 7.42. The lowest BCUT2D eigenvalue weighted by Crippen LogP contribution is -2.53. The van der Waals surface area contributed by atoms with Crippen LogP contribution in [0.3, 0.4) is 0 Å². The first-order chi connectivity index (χ1) is 11.7. The third kappa shape index (κ3) is 1.89. The number of hydrogen-bond donors (Lipinski definition) is 0. The van der Waals surface area contributed by atoms with Gasteiger partial charge in [-0.25, -0.2) is 0 Å². The van der Waals surface area contributed by atoms with E-state index in [1.54, 1.807) is 5.57 Å². The summed E-state index contributed by atoms with van der Waals surface area (Å²) in [5, 5.41) is 0. The van der Waals surface area contributed by atoms with Crippen molar-refractivity contribution in [1.29, 1.82) is 0 Å². The number of carbonyl (C=O) groups excluding carboxylic acids is 1. The van der Waals surface area contributed by atoms with E-state index in [0.717, 1.165) is 56.7 Å². The molecule has 3 heteroatoms. The summed E-state index contributed by atoms with van der Waals surface area (Å²) in [6.45, 7) is 3.91. The van der Waals surface area contributed by atoms with Gasteiger partial charge in [-0.3, -0.25) is 4.79 Å². The second kappa shape index (κ2) is 5.41. The fourth-order valence-corrected chi connectivity index (χ4v) is 7.42. The van der Waals surface area contributed by atoms with E-state index in [1.807, 2.05) is 0 Å². The second-order valence-electron chi connectivity index (χ2n) is 8.80. The van der Waals surface area contributed by atoms with E-state index < -0.39 is 0 Å². The first-order valence-electron chi connectivity index (χ1n) is 10.2. The number of ketones is 1. The Labute approximate surface area is 145 Å². The Morgan fingerprint density at radius 1 is 1.04 bits per heavy atom. The van der Waals surface area contributed by atoms with Crippen LogP contribution in [0.1, 0.15) is 71.1 Å². The molecule has 0 amide bonds. The Hall–Kier alpha value is -0.670. The summed E-state index contributed by atoms with van der Waals surface area (Å²) in [6.07, 6.45) is 11.2. The van der Waals surface area contributed by atoms with Crippen LogP contribution in [0.15, 0.2) is 11.1 Å². The molecule has 0 aromatic heterocycles. The van der Waals surface area contributed by atoms with Crippen molar-refractivity contribution in [2.45, 2.75) is 76.9 Å². The minimum atomic E-state index is -0.269. The van der Waals surface area contributed by atoms with Crippen LogP contribution in [0, 0.1) is 23.2 Å². The lowest BCUT2D eigenvalue weighted by Gasteiger charge is -2.55. The maximum atomic E-state index is 11.9. The van der Waals surface area contributed by atoms with Gasteiger partial charge in [0.05, 0.1) is 13.2 Å². The highest BCUT2D eigenvalue weighted by molar-refractivity contribution is 5.82. The van der Waals surface area contributed by atoms with Crippen LogP contribution in [-0.4, -0.2) is 24.8 Å². The average Bonchev–Trinajstić information content (AvgIpc) is 3.21. The molecule has 0 N–H and O–H groups in total. The second-order valence-corrected chi connectivity index (χ2v) is 8.80. The van der Waals surface area contributed by atoms with Crippen molar-refractivity contribution in [1.82, 2.24) is 0 Å². The Kier molecular flexibility index (Phi) is 3.51. The normalized spacial score (nSPS) is 43.7. The van der Waals surface area contributed by atoms with Gasteiger partial charge in [0.2, 0.25) is 0 Å². The van der Waals surface area contributed by atoms with Crippen molar-refractivity contribution >= 4 is 5.78 Å². The smallest absolute Gasteiger partial charge is 0.174 e. The number of ether oxygens (including phenoxy) is 2. The van der Waals surface area contributed by atoms with Gasteiger partial charge >= 0.3 is 0 Å². The predicted octanol–water partition coefficient (Wildman–Crippen LogP) is 4.41. The summed E-state index contributed by atoms with van der Waals surface area (Å²) >= 11 is 0. The van der Waals surface area contributed by atoms with Crippen molar-refractivity contribution in [2.24, 2.45) is 23.2 Å². The molecule has 1 saturated heterocycles. The first kappa shape index (κ1) is 15.6. The summed E-state index contributed by atoms with van der Waals surface area (Å²) in [5.41, 5.74) is 3.47. The molecule has 1 aliphatic heterocycles. The minimum absolute atomic E-state index is 0.243. The minimum Gasteiger partial charge on any atom is -0.347 e. The summed E-state index contributed by atoms with van der Waals surface area (Å²) in [7, 11) is 0. The van der Waals surface area contributed by atoms with Crippen LogP contribution in [-0.2, 0) is 14.3 Å². The third-order valence-electron chi connectivity index (χ3n) is 8.34. The molecule has 24 heavy (non-hydrogen) atoms. The molecule has 5 aliphatic rings. The molecule has 3 nitrogen and oxygen atoms in total. The monoisotopic (exact) mass is 330 g/mol.